The van der Waals surface area contributed by atoms with Gasteiger partial charge in [-0.3, -0.25) is 0 Å². The van der Waals surface area contributed by atoms with Gasteiger partial charge < -0.3 is 15.0 Å². The van der Waals surface area contributed by atoms with Gasteiger partial charge in [-0.25, -0.2) is 0 Å². The molecule has 0 aliphatic rings. The normalized spacial score (nSPS) is 13.2. The second-order valence-electron chi connectivity index (χ2n) is 5.43. The van der Waals surface area contributed by atoms with Gasteiger partial charge in [0.1, 0.15) is 0 Å². The average molecular weight is 264 g/mol. The summed E-state index contributed by atoms with van der Waals surface area (Å²) in [6.07, 6.45) is 0.311. The van der Waals surface area contributed by atoms with Crippen LogP contribution in [0.4, 0.5) is 0 Å². The Bertz CT molecular complexity index is 348. The summed E-state index contributed by atoms with van der Waals surface area (Å²) < 4.78 is 5.59. The van der Waals surface area contributed by atoms with Crippen LogP contribution >= 0.6 is 0 Å². The summed E-state index contributed by atoms with van der Waals surface area (Å²) >= 11 is 0. The fourth-order valence-corrected chi connectivity index (χ4v) is 2.01. The lowest BCUT2D eigenvalue weighted by Gasteiger charge is -2.24. The maximum atomic E-state index is 5.59. The van der Waals surface area contributed by atoms with Crippen LogP contribution in [-0.2, 0) is 4.74 Å². The van der Waals surface area contributed by atoms with Gasteiger partial charge in [0.2, 0.25) is 0 Å². The highest BCUT2D eigenvalue weighted by Crippen LogP contribution is 2.14. The van der Waals surface area contributed by atoms with Crippen LogP contribution in [0.15, 0.2) is 24.3 Å². The Hall–Kier alpha value is -0.900. The summed E-state index contributed by atoms with van der Waals surface area (Å²) in [5, 5.41) is 3.39. The molecule has 1 unspecified atom stereocenters. The van der Waals surface area contributed by atoms with E-state index in [1.165, 1.54) is 11.1 Å². The SMILES string of the molecule is CNC(CN(C)CCOC(C)C)c1ccc(C)cc1. The standard InChI is InChI=1S/C16H28N2O/c1-13(2)19-11-10-18(5)12-16(17-4)15-8-6-14(3)7-9-15/h6-9,13,16-17H,10-12H2,1-5H3. The summed E-state index contributed by atoms with van der Waals surface area (Å²) in [6, 6.07) is 9.11. The highest BCUT2D eigenvalue weighted by Gasteiger charge is 2.11. The van der Waals surface area contributed by atoms with E-state index in [1.807, 2.05) is 7.05 Å². The van der Waals surface area contributed by atoms with Crippen molar-refractivity contribution in [1.29, 1.82) is 0 Å². The first-order chi connectivity index (χ1) is 9.02. The second-order valence-corrected chi connectivity index (χ2v) is 5.43. The maximum Gasteiger partial charge on any atom is 0.0596 e. The number of ether oxygens (including phenoxy) is 1. The van der Waals surface area contributed by atoms with E-state index in [-0.39, 0.29) is 0 Å². The van der Waals surface area contributed by atoms with Crippen LogP contribution in [0.3, 0.4) is 0 Å². The summed E-state index contributed by atoms with van der Waals surface area (Å²) in [7, 11) is 4.16. The smallest absolute Gasteiger partial charge is 0.0596 e. The Kier molecular flexibility index (Phi) is 7.06. The van der Waals surface area contributed by atoms with E-state index in [0.717, 1.165) is 19.7 Å². The maximum absolute atomic E-state index is 5.59. The van der Waals surface area contributed by atoms with Crippen LogP contribution in [0.1, 0.15) is 31.0 Å². The quantitative estimate of drug-likeness (QED) is 0.781. The molecular weight excluding hydrogens is 236 g/mol. The molecule has 1 atom stereocenters. The lowest BCUT2D eigenvalue weighted by atomic mass is 10.0. The zero-order chi connectivity index (χ0) is 14.3. The molecule has 0 aliphatic heterocycles. The van der Waals surface area contributed by atoms with Crippen molar-refractivity contribution >= 4 is 0 Å². The Labute approximate surface area is 118 Å². The molecule has 0 spiro atoms. The van der Waals surface area contributed by atoms with Crippen molar-refractivity contribution in [2.75, 3.05) is 33.8 Å². The van der Waals surface area contributed by atoms with Gasteiger partial charge in [-0.2, -0.15) is 0 Å². The minimum Gasteiger partial charge on any atom is -0.377 e. The van der Waals surface area contributed by atoms with Gasteiger partial charge in [-0.1, -0.05) is 29.8 Å². The van der Waals surface area contributed by atoms with Gasteiger partial charge in [-0.15, -0.1) is 0 Å². The summed E-state index contributed by atoms with van der Waals surface area (Å²) in [5.41, 5.74) is 2.64. The molecule has 108 valence electrons. The molecule has 3 nitrogen and oxygen atoms in total. The van der Waals surface area contributed by atoms with Crippen molar-refractivity contribution in [2.45, 2.75) is 32.9 Å². The van der Waals surface area contributed by atoms with Gasteiger partial charge in [0.25, 0.3) is 0 Å². The Balaban J connectivity index is 2.45. The fourth-order valence-electron chi connectivity index (χ4n) is 2.01. The first-order valence-corrected chi connectivity index (χ1v) is 7.07. The average Bonchev–Trinajstić information content (AvgIpc) is 2.36. The van der Waals surface area contributed by atoms with E-state index in [2.05, 4.69) is 62.3 Å². The molecule has 1 N–H and O–H groups in total. The molecule has 0 aliphatic carbocycles. The second kappa shape index (κ2) is 8.31. The van der Waals surface area contributed by atoms with Crippen molar-refractivity contribution < 1.29 is 4.74 Å². The molecule has 0 amide bonds. The topological polar surface area (TPSA) is 24.5 Å². The van der Waals surface area contributed by atoms with Crippen LogP contribution in [0.5, 0.6) is 0 Å². The van der Waals surface area contributed by atoms with Gasteiger partial charge in [0.15, 0.2) is 0 Å². The van der Waals surface area contributed by atoms with E-state index in [4.69, 9.17) is 4.74 Å². The van der Waals surface area contributed by atoms with Crippen molar-refractivity contribution in [1.82, 2.24) is 10.2 Å². The molecule has 1 aromatic rings. The zero-order valence-corrected chi connectivity index (χ0v) is 12.9. The fraction of sp³-hybridized carbons (Fsp3) is 0.625. The predicted octanol–water partition coefficient (Wildman–Crippen LogP) is 2.61. The third kappa shape index (κ3) is 6.19. The minimum atomic E-state index is 0.311. The molecule has 0 radical (unpaired) electrons. The molecule has 0 bridgehead atoms. The highest BCUT2D eigenvalue weighted by molar-refractivity contribution is 5.24. The third-order valence-corrected chi connectivity index (χ3v) is 3.25. The van der Waals surface area contributed by atoms with Gasteiger partial charge in [-0.05, 0) is 40.4 Å². The number of nitrogens with zero attached hydrogens (tertiary/aromatic N) is 1. The first kappa shape index (κ1) is 16.2. The summed E-state index contributed by atoms with van der Waals surface area (Å²) in [5.74, 6) is 0. The van der Waals surface area contributed by atoms with Crippen LogP contribution in [-0.4, -0.2) is 44.8 Å². The number of rotatable bonds is 8. The molecular formula is C16H28N2O. The van der Waals surface area contributed by atoms with E-state index >= 15 is 0 Å². The molecule has 0 aromatic heterocycles. The molecule has 3 heteroatoms. The van der Waals surface area contributed by atoms with Gasteiger partial charge >= 0.3 is 0 Å². The molecule has 1 rings (SSSR count). The van der Waals surface area contributed by atoms with Gasteiger partial charge in [0, 0.05) is 19.1 Å². The van der Waals surface area contributed by atoms with E-state index in [9.17, 15) is 0 Å². The third-order valence-electron chi connectivity index (χ3n) is 3.25. The van der Waals surface area contributed by atoms with Crippen molar-refractivity contribution in [2.24, 2.45) is 0 Å². The molecule has 1 aromatic carbocycles. The van der Waals surface area contributed by atoms with E-state index in [1.54, 1.807) is 0 Å². The number of aryl methyl sites for hydroxylation is 1. The number of benzene rings is 1. The Morgan fingerprint density at radius 2 is 1.84 bits per heavy atom. The Morgan fingerprint density at radius 1 is 1.21 bits per heavy atom. The van der Waals surface area contributed by atoms with Crippen molar-refractivity contribution in [3.8, 4) is 0 Å². The van der Waals surface area contributed by atoms with E-state index in [0.29, 0.717) is 12.1 Å². The zero-order valence-electron chi connectivity index (χ0n) is 12.9. The molecule has 19 heavy (non-hydrogen) atoms. The first-order valence-electron chi connectivity index (χ1n) is 7.07. The Morgan fingerprint density at radius 3 is 2.37 bits per heavy atom. The minimum absolute atomic E-state index is 0.311. The van der Waals surface area contributed by atoms with Crippen LogP contribution in [0.25, 0.3) is 0 Å². The van der Waals surface area contributed by atoms with Crippen LogP contribution in [0.2, 0.25) is 0 Å². The molecule has 0 saturated carbocycles. The van der Waals surface area contributed by atoms with Crippen LogP contribution in [0, 0.1) is 6.92 Å². The summed E-state index contributed by atoms with van der Waals surface area (Å²) in [6.45, 7) is 9.00. The lowest BCUT2D eigenvalue weighted by molar-refractivity contribution is 0.0624. The lowest BCUT2D eigenvalue weighted by Crippen LogP contribution is -2.33. The molecule has 0 saturated heterocycles. The predicted molar refractivity (Wildman–Crippen MR) is 81.6 cm³/mol. The van der Waals surface area contributed by atoms with Crippen molar-refractivity contribution in [3.05, 3.63) is 35.4 Å². The number of nitrogens with one attached hydrogen (secondary N) is 1. The largest absolute Gasteiger partial charge is 0.377 e. The summed E-state index contributed by atoms with van der Waals surface area (Å²) in [4.78, 5) is 2.31. The number of hydrogen-bond acceptors (Lipinski definition) is 3. The van der Waals surface area contributed by atoms with Crippen LogP contribution < -0.4 is 5.32 Å². The van der Waals surface area contributed by atoms with Crippen molar-refractivity contribution in [3.63, 3.8) is 0 Å². The highest BCUT2D eigenvalue weighted by atomic mass is 16.5. The van der Waals surface area contributed by atoms with Gasteiger partial charge in [0.05, 0.1) is 12.7 Å². The molecule has 0 heterocycles. The van der Waals surface area contributed by atoms with E-state index < -0.39 is 0 Å². The molecule has 0 fully saturated rings. The number of hydrogen-bond donors (Lipinski definition) is 1. The monoisotopic (exact) mass is 264 g/mol. The number of likely N-dealkylation sites (N-methyl/N-ethyl adjacent to an activating group) is 2.